The minimum absolute atomic E-state index is 0.839. The van der Waals surface area contributed by atoms with Gasteiger partial charge in [-0.3, -0.25) is 0 Å². The first-order valence-electron chi connectivity index (χ1n) is 7.48. The van der Waals surface area contributed by atoms with Crippen LogP contribution in [0, 0.1) is 6.92 Å². The molecule has 0 saturated carbocycles. The Morgan fingerprint density at radius 1 is 1.16 bits per heavy atom. The average molecular weight is 327 g/mol. The molecule has 1 aliphatic heterocycles. The standard InChI is InChI=1S/C16H24BrNO/c1-14-13-15(17)7-8-16(14)19-12-6-11-18-9-4-2-3-5-10-18/h7-8,13H,2-6,9-12H2,1H3/p+1. The maximum absolute atomic E-state index is 5.88. The van der Waals surface area contributed by atoms with Crippen LogP contribution in [0.5, 0.6) is 5.75 Å². The summed E-state index contributed by atoms with van der Waals surface area (Å²) >= 11 is 3.48. The zero-order valence-corrected chi connectivity index (χ0v) is 13.5. The third-order valence-corrected chi connectivity index (χ3v) is 4.37. The van der Waals surface area contributed by atoms with Gasteiger partial charge in [-0.15, -0.1) is 0 Å². The predicted octanol–water partition coefficient (Wildman–Crippen LogP) is 2.99. The van der Waals surface area contributed by atoms with Crippen molar-refractivity contribution in [1.29, 1.82) is 0 Å². The minimum Gasteiger partial charge on any atom is -0.493 e. The van der Waals surface area contributed by atoms with Crippen molar-refractivity contribution in [2.45, 2.75) is 39.0 Å². The zero-order valence-electron chi connectivity index (χ0n) is 11.9. The monoisotopic (exact) mass is 326 g/mol. The van der Waals surface area contributed by atoms with Crippen molar-refractivity contribution < 1.29 is 9.64 Å². The lowest BCUT2D eigenvalue weighted by molar-refractivity contribution is -0.899. The van der Waals surface area contributed by atoms with E-state index in [1.165, 1.54) is 50.9 Å². The molecule has 1 saturated heterocycles. The van der Waals surface area contributed by atoms with Gasteiger partial charge in [0.1, 0.15) is 5.75 Å². The number of benzene rings is 1. The van der Waals surface area contributed by atoms with Gasteiger partial charge in [-0.25, -0.2) is 0 Å². The summed E-state index contributed by atoms with van der Waals surface area (Å²) in [6.07, 6.45) is 6.82. The third-order valence-electron chi connectivity index (χ3n) is 3.88. The molecule has 0 amide bonds. The second-order valence-corrected chi connectivity index (χ2v) is 6.44. The van der Waals surface area contributed by atoms with E-state index in [-0.39, 0.29) is 0 Å². The second-order valence-electron chi connectivity index (χ2n) is 5.53. The molecule has 1 heterocycles. The van der Waals surface area contributed by atoms with Crippen molar-refractivity contribution in [2.24, 2.45) is 0 Å². The molecule has 0 aliphatic carbocycles. The molecule has 0 unspecified atom stereocenters. The predicted molar refractivity (Wildman–Crippen MR) is 83.0 cm³/mol. The number of ether oxygens (including phenoxy) is 1. The van der Waals surface area contributed by atoms with Gasteiger partial charge in [0.25, 0.3) is 0 Å². The molecule has 106 valence electrons. The first-order chi connectivity index (χ1) is 9.25. The highest BCUT2D eigenvalue weighted by Gasteiger charge is 2.11. The lowest BCUT2D eigenvalue weighted by atomic mass is 10.2. The third kappa shape index (κ3) is 5.15. The molecule has 3 heteroatoms. The molecular formula is C16H25BrNO+. The summed E-state index contributed by atoms with van der Waals surface area (Å²) in [5.41, 5.74) is 1.21. The Kier molecular flexibility index (Phi) is 6.18. The van der Waals surface area contributed by atoms with Gasteiger partial charge in [-0.2, -0.15) is 0 Å². The molecule has 0 atom stereocenters. The molecule has 1 aliphatic rings. The zero-order chi connectivity index (χ0) is 13.5. The van der Waals surface area contributed by atoms with E-state index in [1.807, 2.05) is 6.07 Å². The summed E-state index contributed by atoms with van der Waals surface area (Å²) in [7, 11) is 0. The Hall–Kier alpha value is -0.540. The van der Waals surface area contributed by atoms with Crippen LogP contribution in [-0.2, 0) is 0 Å². The van der Waals surface area contributed by atoms with Gasteiger partial charge in [0, 0.05) is 10.9 Å². The summed E-state index contributed by atoms with van der Waals surface area (Å²) in [6.45, 7) is 6.91. The maximum Gasteiger partial charge on any atom is 0.122 e. The van der Waals surface area contributed by atoms with Crippen LogP contribution in [0.15, 0.2) is 22.7 Å². The fourth-order valence-electron chi connectivity index (χ4n) is 2.76. The highest BCUT2D eigenvalue weighted by Crippen LogP contribution is 2.22. The highest BCUT2D eigenvalue weighted by atomic mass is 79.9. The van der Waals surface area contributed by atoms with Gasteiger partial charge in [0.05, 0.1) is 26.2 Å². The summed E-state index contributed by atoms with van der Waals surface area (Å²) < 4.78 is 7.00. The van der Waals surface area contributed by atoms with Crippen molar-refractivity contribution in [3.63, 3.8) is 0 Å². The van der Waals surface area contributed by atoms with Crippen LogP contribution >= 0.6 is 15.9 Å². The van der Waals surface area contributed by atoms with Crippen LogP contribution in [-0.4, -0.2) is 26.2 Å². The Morgan fingerprint density at radius 3 is 2.58 bits per heavy atom. The highest BCUT2D eigenvalue weighted by molar-refractivity contribution is 9.10. The van der Waals surface area contributed by atoms with Gasteiger partial charge < -0.3 is 9.64 Å². The molecule has 1 fully saturated rings. The summed E-state index contributed by atoms with van der Waals surface area (Å²) in [5.74, 6) is 1.02. The van der Waals surface area contributed by atoms with Crippen molar-refractivity contribution in [3.8, 4) is 5.75 Å². The van der Waals surface area contributed by atoms with Crippen LogP contribution in [0.1, 0.15) is 37.7 Å². The fourth-order valence-corrected chi connectivity index (χ4v) is 3.23. The van der Waals surface area contributed by atoms with Crippen LogP contribution in [0.3, 0.4) is 0 Å². The fraction of sp³-hybridized carbons (Fsp3) is 0.625. The normalized spacial score (nSPS) is 17.2. The molecule has 1 N–H and O–H groups in total. The van der Waals surface area contributed by atoms with Crippen LogP contribution < -0.4 is 9.64 Å². The molecule has 0 radical (unpaired) electrons. The van der Waals surface area contributed by atoms with E-state index in [9.17, 15) is 0 Å². The van der Waals surface area contributed by atoms with Crippen LogP contribution in [0.4, 0.5) is 0 Å². The Bertz CT molecular complexity index is 386. The van der Waals surface area contributed by atoms with Gasteiger partial charge in [0.15, 0.2) is 0 Å². The SMILES string of the molecule is Cc1cc(Br)ccc1OCCC[NH+]1CCCCCC1. The van der Waals surface area contributed by atoms with E-state index in [2.05, 4.69) is 35.0 Å². The largest absolute Gasteiger partial charge is 0.493 e. The van der Waals surface area contributed by atoms with Gasteiger partial charge in [0.2, 0.25) is 0 Å². The van der Waals surface area contributed by atoms with Crippen molar-refractivity contribution in [1.82, 2.24) is 0 Å². The van der Waals surface area contributed by atoms with E-state index in [0.29, 0.717) is 0 Å². The molecule has 0 bridgehead atoms. The van der Waals surface area contributed by atoms with Gasteiger partial charge >= 0.3 is 0 Å². The van der Waals surface area contributed by atoms with E-state index >= 15 is 0 Å². The number of likely N-dealkylation sites (tertiary alicyclic amines) is 1. The van der Waals surface area contributed by atoms with Gasteiger partial charge in [-0.05, 0) is 56.4 Å². The Morgan fingerprint density at radius 2 is 1.89 bits per heavy atom. The first kappa shape index (κ1) is 14.9. The smallest absolute Gasteiger partial charge is 0.122 e. The summed E-state index contributed by atoms with van der Waals surface area (Å²) in [5, 5.41) is 0. The van der Waals surface area contributed by atoms with Crippen molar-refractivity contribution in [2.75, 3.05) is 26.2 Å². The van der Waals surface area contributed by atoms with Crippen molar-refractivity contribution >= 4 is 15.9 Å². The topological polar surface area (TPSA) is 13.7 Å². The van der Waals surface area contributed by atoms with E-state index in [4.69, 9.17) is 4.74 Å². The Balaban J connectivity index is 1.68. The number of hydrogen-bond donors (Lipinski definition) is 1. The average Bonchev–Trinajstić information content (AvgIpc) is 2.65. The number of halogens is 1. The quantitative estimate of drug-likeness (QED) is 0.821. The molecule has 1 aromatic carbocycles. The maximum atomic E-state index is 5.88. The van der Waals surface area contributed by atoms with Crippen LogP contribution in [0.2, 0.25) is 0 Å². The molecule has 19 heavy (non-hydrogen) atoms. The minimum atomic E-state index is 0.839. The number of aryl methyl sites for hydroxylation is 1. The van der Waals surface area contributed by atoms with Gasteiger partial charge in [-0.1, -0.05) is 15.9 Å². The first-order valence-corrected chi connectivity index (χ1v) is 8.27. The van der Waals surface area contributed by atoms with Crippen molar-refractivity contribution in [3.05, 3.63) is 28.2 Å². The number of hydrogen-bond acceptors (Lipinski definition) is 1. The molecule has 0 aromatic heterocycles. The lowest BCUT2D eigenvalue weighted by Gasteiger charge is -2.17. The molecule has 0 spiro atoms. The number of quaternary nitrogens is 1. The lowest BCUT2D eigenvalue weighted by Crippen LogP contribution is -3.11. The second kappa shape index (κ2) is 7.91. The molecule has 2 nitrogen and oxygen atoms in total. The number of nitrogens with one attached hydrogen (secondary N) is 1. The van der Waals surface area contributed by atoms with Crippen LogP contribution in [0.25, 0.3) is 0 Å². The summed E-state index contributed by atoms with van der Waals surface area (Å²) in [6, 6.07) is 6.20. The molecule has 1 aromatic rings. The number of rotatable bonds is 5. The summed E-state index contributed by atoms with van der Waals surface area (Å²) in [4.78, 5) is 1.77. The van der Waals surface area contributed by atoms with E-state index in [1.54, 1.807) is 4.90 Å². The van der Waals surface area contributed by atoms with E-state index in [0.717, 1.165) is 23.2 Å². The molecule has 2 rings (SSSR count). The Labute approximate surface area is 125 Å². The van der Waals surface area contributed by atoms with E-state index < -0.39 is 0 Å². The molecular weight excluding hydrogens is 302 g/mol.